The van der Waals surface area contributed by atoms with Crippen molar-refractivity contribution >= 4 is 5.96 Å². The fourth-order valence-electron chi connectivity index (χ4n) is 2.16. The van der Waals surface area contributed by atoms with Crippen LogP contribution in [-0.2, 0) is 11.3 Å². The van der Waals surface area contributed by atoms with Gasteiger partial charge in [-0.05, 0) is 43.9 Å². The molecule has 138 valence electrons. The van der Waals surface area contributed by atoms with Crippen molar-refractivity contribution in [3.05, 3.63) is 29.8 Å². The number of rotatable bonds is 12. The molecule has 0 radical (unpaired) electrons. The molecule has 0 atom stereocenters. The van der Waals surface area contributed by atoms with Crippen molar-refractivity contribution < 1.29 is 9.47 Å². The van der Waals surface area contributed by atoms with Gasteiger partial charge in [-0.15, -0.1) is 12.3 Å². The van der Waals surface area contributed by atoms with Crippen molar-refractivity contribution in [3.63, 3.8) is 0 Å². The smallest absolute Gasteiger partial charge is 0.191 e. The molecule has 0 aliphatic rings. The number of benzene rings is 1. The lowest BCUT2D eigenvalue weighted by atomic mass is 10.2. The first-order valence-corrected chi connectivity index (χ1v) is 8.96. The first kappa shape index (κ1) is 20.9. The van der Waals surface area contributed by atoms with E-state index in [1.807, 2.05) is 31.2 Å². The van der Waals surface area contributed by atoms with Crippen LogP contribution in [0, 0.1) is 12.3 Å². The molecule has 0 amide bonds. The van der Waals surface area contributed by atoms with Gasteiger partial charge in [0.2, 0.25) is 0 Å². The van der Waals surface area contributed by atoms with Gasteiger partial charge in [-0.1, -0.05) is 12.1 Å². The van der Waals surface area contributed by atoms with Crippen LogP contribution in [0.2, 0.25) is 0 Å². The summed E-state index contributed by atoms with van der Waals surface area (Å²) in [6.07, 6.45) is 9.12. The Bertz CT molecular complexity index is 521. The molecule has 0 bridgehead atoms. The zero-order chi connectivity index (χ0) is 18.2. The fourth-order valence-corrected chi connectivity index (χ4v) is 2.16. The molecule has 1 aromatic rings. The van der Waals surface area contributed by atoms with Crippen molar-refractivity contribution in [2.75, 3.05) is 33.4 Å². The summed E-state index contributed by atoms with van der Waals surface area (Å²) in [5, 5.41) is 6.72. The Morgan fingerprint density at radius 2 is 1.84 bits per heavy atom. The third kappa shape index (κ3) is 10.3. The van der Waals surface area contributed by atoms with Crippen LogP contribution >= 0.6 is 0 Å². The second kappa shape index (κ2) is 14.2. The zero-order valence-corrected chi connectivity index (χ0v) is 15.5. The monoisotopic (exact) mass is 345 g/mol. The van der Waals surface area contributed by atoms with Crippen LogP contribution in [0.15, 0.2) is 29.3 Å². The maximum atomic E-state index is 5.36. The molecule has 5 nitrogen and oxygen atoms in total. The van der Waals surface area contributed by atoms with E-state index in [0.717, 1.165) is 69.3 Å². The highest BCUT2D eigenvalue weighted by molar-refractivity contribution is 5.79. The average Bonchev–Trinajstić information content (AvgIpc) is 2.65. The van der Waals surface area contributed by atoms with Crippen molar-refractivity contribution in [1.29, 1.82) is 0 Å². The molecule has 0 heterocycles. The lowest BCUT2D eigenvalue weighted by Gasteiger charge is -2.12. The Balaban J connectivity index is 2.47. The highest BCUT2D eigenvalue weighted by Crippen LogP contribution is 2.11. The van der Waals surface area contributed by atoms with Gasteiger partial charge in [-0.3, -0.25) is 0 Å². The SMILES string of the molecule is C#CCCCCNC(=NCc1ccc(OC)cc1)NCCCOCC. The number of ether oxygens (including phenoxy) is 2. The number of hydrogen-bond acceptors (Lipinski definition) is 3. The molecule has 0 aliphatic heterocycles. The number of terminal acetylenes is 1. The number of guanidine groups is 1. The van der Waals surface area contributed by atoms with Gasteiger partial charge in [-0.2, -0.15) is 0 Å². The van der Waals surface area contributed by atoms with Gasteiger partial charge >= 0.3 is 0 Å². The van der Waals surface area contributed by atoms with E-state index in [-0.39, 0.29) is 0 Å². The van der Waals surface area contributed by atoms with E-state index < -0.39 is 0 Å². The number of nitrogens with one attached hydrogen (secondary N) is 2. The fraction of sp³-hybridized carbons (Fsp3) is 0.550. The molecule has 2 N–H and O–H groups in total. The van der Waals surface area contributed by atoms with Crippen LogP contribution in [0.1, 0.15) is 38.2 Å². The molecule has 0 aromatic heterocycles. The molecule has 1 aromatic carbocycles. The van der Waals surface area contributed by atoms with Gasteiger partial charge in [0.15, 0.2) is 5.96 Å². The molecule has 0 spiro atoms. The standard InChI is InChI=1S/C20H31N3O2/c1-4-6-7-8-14-21-20(22-15-9-16-25-5-2)23-17-18-10-12-19(24-3)13-11-18/h1,10-13H,5-9,14-17H2,2-3H3,(H2,21,22,23). The lowest BCUT2D eigenvalue weighted by Crippen LogP contribution is -2.38. The molecule has 25 heavy (non-hydrogen) atoms. The first-order valence-electron chi connectivity index (χ1n) is 8.96. The number of methoxy groups -OCH3 is 1. The van der Waals surface area contributed by atoms with Crippen LogP contribution in [0.4, 0.5) is 0 Å². The Morgan fingerprint density at radius 3 is 2.48 bits per heavy atom. The van der Waals surface area contributed by atoms with Crippen molar-refractivity contribution in [2.45, 2.75) is 39.2 Å². The van der Waals surface area contributed by atoms with Crippen LogP contribution in [0.5, 0.6) is 5.75 Å². The molecule has 0 unspecified atom stereocenters. The van der Waals surface area contributed by atoms with Crippen LogP contribution in [0.25, 0.3) is 0 Å². The summed E-state index contributed by atoms with van der Waals surface area (Å²) in [6.45, 7) is 5.84. The van der Waals surface area contributed by atoms with Gasteiger partial charge in [0.05, 0.1) is 13.7 Å². The topological polar surface area (TPSA) is 54.9 Å². The summed E-state index contributed by atoms with van der Waals surface area (Å²) in [6, 6.07) is 7.96. The summed E-state index contributed by atoms with van der Waals surface area (Å²) >= 11 is 0. The van der Waals surface area contributed by atoms with Crippen molar-refractivity contribution in [1.82, 2.24) is 10.6 Å². The molecule has 1 rings (SSSR count). The minimum atomic E-state index is 0.620. The molecule has 5 heteroatoms. The number of nitrogens with zero attached hydrogens (tertiary/aromatic N) is 1. The van der Waals surface area contributed by atoms with E-state index in [1.54, 1.807) is 7.11 Å². The Hall–Kier alpha value is -2.19. The van der Waals surface area contributed by atoms with Gasteiger partial charge in [0.25, 0.3) is 0 Å². The summed E-state index contributed by atoms with van der Waals surface area (Å²) in [4.78, 5) is 4.66. The average molecular weight is 345 g/mol. The van der Waals surface area contributed by atoms with E-state index in [9.17, 15) is 0 Å². The minimum absolute atomic E-state index is 0.620. The van der Waals surface area contributed by atoms with Crippen molar-refractivity contribution in [3.8, 4) is 18.1 Å². The summed E-state index contributed by atoms with van der Waals surface area (Å²) in [5.74, 6) is 4.35. The Kier molecular flexibility index (Phi) is 11.8. The zero-order valence-electron chi connectivity index (χ0n) is 15.5. The van der Waals surface area contributed by atoms with Crippen LogP contribution in [-0.4, -0.2) is 39.4 Å². The molecule has 0 fully saturated rings. The Morgan fingerprint density at radius 1 is 1.12 bits per heavy atom. The summed E-state index contributed by atoms with van der Waals surface area (Å²) in [7, 11) is 1.67. The quantitative estimate of drug-likeness (QED) is 0.265. The van der Waals surface area contributed by atoms with Gasteiger partial charge < -0.3 is 20.1 Å². The first-order chi connectivity index (χ1) is 12.3. The van der Waals surface area contributed by atoms with E-state index in [1.165, 1.54) is 0 Å². The molecular weight excluding hydrogens is 314 g/mol. The van der Waals surface area contributed by atoms with Crippen LogP contribution in [0.3, 0.4) is 0 Å². The maximum absolute atomic E-state index is 5.36. The molecule has 0 saturated heterocycles. The molecule has 0 saturated carbocycles. The van der Waals surface area contributed by atoms with Gasteiger partial charge in [-0.25, -0.2) is 4.99 Å². The van der Waals surface area contributed by atoms with E-state index in [2.05, 4.69) is 21.5 Å². The lowest BCUT2D eigenvalue weighted by molar-refractivity contribution is 0.145. The summed E-state index contributed by atoms with van der Waals surface area (Å²) in [5.41, 5.74) is 1.14. The third-order valence-electron chi connectivity index (χ3n) is 3.58. The molecular formula is C20H31N3O2. The predicted octanol–water partition coefficient (Wildman–Crippen LogP) is 2.96. The predicted molar refractivity (Wildman–Crippen MR) is 104 cm³/mol. The van der Waals surface area contributed by atoms with E-state index >= 15 is 0 Å². The second-order valence-corrected chi connectivity index (χ2v) is 5.58. The number of unbranched alkanes of at least 4 members (excludes halogenated alkanes) is 2. The maximum Gasteiger partial charge on any atom is 0.191 e. The molecule has 0 aliphatic carbocycles. The van der Waals surface area contributed by atoms with Crippen molar-refractivity contribution in [2.24, 2.45) is 4.99 Å². The highest BCUT2D eigenvalue weighted by Gasteiger charge is 1.99. The summed E-state index contributed by atoms with van der Waals surface area (Å²) < 4.78 is 10.5. The Labute approximate surface area is 152 Å². The van der Waals surface area contributed by atoms with E-state index in [0.29, 0.717) is 6.54 Å². The normalized spacial score (nSPS) is 11.0. The number of aliphatic imine (C=N–C) groups is 1. The largest absolute Gasteiger partial charge is 0.497 e. The van der Waals surface area contributed by atoms with E-state index in [4.69, 9.17) is 15.9 Å². The second-order valence-electron chi connectivity index (χ2n) is 5.58. The highest BCUT2D eigenvalue weighted by atomic mass is 16.5. The van der Waals surface area contributed by atoms with Gasteiger partial charge in [0.1, 0.15) is 5.75 Å². The minimum Gasteiger partial charge on any atom is -0.497 e. The van der Waals surface area contributed by atoms with Crippen LogP contribution < -0.4 is 15.4 Å². The van der Waals surface area contributed by atoms with Gasteiger partial charge in [0, 0.05) is 32.7 Å². The third-order valence-corrected chi connectivity index (χ3v) is 3.58. The number of hydrogen-bond donors (Lipinski definition) is 2.